The molecular formula is C30H46O7. The number of hydrogen-bond acceptors (Lipinski definition) is 7. The number of allylic oxidation sites excluding steroid dienone is 2. The molecule has 0 amide bonds. The molecule has 208 valence electrons. The summed E-state index contributed by atoms with van der Waals surface area (Å²) in [5, 5.41) is 0. The number of ether oxygens (including phenoxy) is 6. The zero-order valence-electron chi connectivity index (χ0n) is 23.4. The van der Waals surface area contributed by atoms with Crippen molar-refractivity contribution in [3.8, 4) is 11.5 Å². The summed E-state index contributed by atoms with van der Waals surface area (Å²) >= 11 is 0. The standard InChI is InChI=1S/C30H46O7/c1-6-7-8-9-23-19-26(36-28(31)21-35-17-16-34-15-14-33-13-12-32-5)29-24-18-22(2)10-11-25(24)30(3,4)37-27(29)20-23/h18-20,24-25H,6-17,21H2,1-5H3/t24?,25-/m1/s1. The normalized spacial score (nSPS) is 20.0. The van der Waals surface area contributed by atoms with Gasteiger partial charge in [0.2, 0.25) is 0 Å². The SMILES string of the molecule is CCCCCc1cc(OC(=O)COCCOCCOCCOC)c2c(c1)OC(C)(C)[C@@H]1CCC(C)=CC21. The highest BCUT2D eigenvalue weighted by Crippen LogP contribution is 2.53. The maximum Gasteiger partial charge on any atom is 0.337 e. The van der Waals surface area contributed by atoms with Crippen LogP contribution in [-0.4, -0.2) is 64.9 Å². The van der Waals surface area contributed by atoms with Crippen LogP contribution in [0.5, 0.6) is 11.5 Å². The van der Waals surface area contributed by atoms with Crippen molar-refractivity contribution in [2.24, 2.45) is 5.92 Å². The van der Waals surface area contributed by atoms with Gasteiger partial charge in [0.1, 0.15) is 23.7 Å². The molecule has 2 atom stereocenters. The van der Waals surface area contributed by atoms with Gasteiger partial charge in [-0.2, -0.15) is 0 Å². The summed E-state index contributed by atoms with van der Waals surface area (Å²) < 4.78 is 33.8. The summed E-state index contributed by atoms with van der Waals surface area (Å²) in [5.41, 5.74) is 3.23. The van der Waals surface area contributed by atoms with Crippen LogP contribution in [0, 0.1) is 5.92 Å². The lowest BCUT2D eigenvalue weighted by atomic mass is 9.68. The van der Waals surface area contributed by atoms with Crippen molar-refractivity contribution in [2.45, 2.75) is 77.7 Å². The van der Waals surface area contributed by atoms with E-state index in [4.69, 9.17) is 28.4 Å². The second-order valence-corrected chi connectivity index (χ2v) is 10.6. The van der Waals surface area contributed by atoms with E-state index in [9.17, 15) is 4.79 Å². The first-order valence-corrected chi connectivity index (χ1v) is 13.8. The molecule has 37 heavy (non-hydrogen) atoms. The molecule has 7 nitrogen and oxygen atoms in total. The predicted octanol–water partition coefficient (Wildman–Crippen LogP) is 5.63. The number of hydrogen-bond donors (Lipinski definition) is 0. The molecule has 1 heterocycles. The molecule has 7 heteroatoms. The second kappa shape index (κ2) is 14.9. The lowest BCUT2D eigenvalue weighted by molar-refractivity contribution is -0.140. The largest absolute Gasteiger partial charge is 0.487 e. The van der Waals surface area contributed by atoms with E-state index in [1.807, 2.05) is 6.07 Å². The molecule has 0 N–H and O–H groups in total. The van der Waals surface area contributed by atoms with Gasteiger partial charge in [-0.05, 0) is 64.2 Å². The molecule has 0 aromatic heterocycles. The monoisotopic (exact) mass is 518 g/mol. The maximum absolute atomic E-state index is 12.8. The molecule has 0 bridgehead atoms. The topological polar surface area (TPSA) is 72.5 Å². The predicted molar refractivity (Wildman–Crippen MR) is 144 cm³/mol. The Morgan fingerprint density at radius 2 is 1.73 bits per heavy atom. The molecule has 1 unspecified atom stereocenters. The Morgan fingerprint density at radius 1 is 1.03 bits per heavy atom. The molecule has 1 aliphatic carbocycles. The summed E-state index contributed by atoms with van der Waals surface area (Å²) in [5.74, 6) is 1.54. The molecule has 0 saturated heterocycles. The first-order valence-electron chi connectivity index (χ1n) is 13.8. The smallest absolute Gasteiger partial charge is 0.337 e. The van der Waals surface area contributed by atoms with Gasteiger partial charge in [-0.15, -0.1) is 0 Å². The van der Waals surface area contributed by atoms with E-state index in [0.29, 0.717) is 51.3 Å². The second-order valence-electron chi connectivity index (χ2n) is 10.6. The summed E-state index contributed by atoms with van der Waals surface area (Å²) in [6, 6.07) is 4.19. The fourth-order valence-corrected chi connectivity index (χ4v) is 5.26. The Balaban J connectivity index is 1.63. The summed E-state index contributed by atoms with van der Waals surface area (Å²) in [6.07, 6.45) is 8.83. The van der Waals surface area contributed by atoms with Gasteiger partial charge < -0.3 is 28.4 Å². The van der Waals surface area contributed by atoms with E-state index in [1.165, 1.54) is 12.0 Å². The summed E-state index contributed by atoms with van der Waals surface area (Å²) in [7, 11) is 1.64. The molecular weight excluding hydrogens is 472 g/mol. The first-order chi connectivity index (χ1) is 17.9. The van der Waals surface area contributed by atoms with Crippen molar-refractivity contribution >= 4 is 5.97 Å². The Kier molecular flexibility index (Phi) is 11.9. The number of rotatable bonds is 16. The van der Waals surface area contributed by atoms with Crippen LogP contribution >= 0.6 is 0 Å². The zero-order valence-corrected chi connectivity index (χ0v) is 23.4. The molecule has 0 fully saturated rings. The van der Waals surface area contributed by atoms with Crippen LogP contribution in [0.2, 0.25) is 0 Å². The minimum absolute atomic E-state index is 0.127. The third-order valence-corrected chi connectivity index (χ3v) is 7.20. The van der Waals surface area contributed by atoms with Gasteiger partial charge in [0.05, 0.1) is 39.6 Å². The highest BCUT2D eigenvalue weighted by Gasteiger charge is 2.45. The van der Waals surface area contributed by atoms with Crippen LogP contribution in [0.3, 0.4) is 0 Å². The van der Waals surface area contributed by atoms with Crippen LogP contribution in [0.15, 0.2) is 23.8 Å². The molecule has 1 aliphatic heterocycles. The summed E-state index contributed by atoms with van der Waals surface area (Å²) in [6.45, 7) is 11.4. The Bertz CT molecular complexity index is 892. The number of benzene rings is 1. The molecule has 0 radical (unpaired) electrons. The molecule has 2 aliphatic rings. The van der Waals surface area contributed by atoms with Crippen LogP contribution < -0.4 is 9.47 Å². The van der Waals surface area contributed by atoms with Gasteiger partial charge in [0.15, 0.2) is 0 Å². The Morgan fingerprint density at radius 3 is 2.43 bits per heavy atom. The van der Waals surface area contributed by atoms with Gasteiger partial charge in [-0.3, -0.25) is 0 Å². The highest BCUT2D eigenvalue weighted by atomic mass is 16.6. The quantitative estimate of drug-likeness (QED) is 0.121. The summed E-state index contributed by atoms with van der Waals surface area (Å²) in [4.78, 5) is 12.8. The third-order valence-electron chi connectivity index (χ3n) is 7.20. The van der Waals surface area contributed by atoms with Crippen LogP contribution in [0.25, 0.3) is 0 Å². The van der Waals surface area contributed by atoms with Crippen LogP contribution in [0.1, 0.15) is 76.8 Å². The highest BCUT2D eigenvalue weighted by molar-refractivity contribution is 5.75. The van der Waals surface area contributed by atoms with E-state index in [0.717, 1.165) is 49.0 Å². The fourth-order valence-electron chi connectivity index (χ4n) is 5.26. The van der Waals surface area contributed by atoms with Crippen molar-refractivity contribution < 1.29 is 33.2 Å². The minimum Gasteiger partial charge on any atom is -0.487 e. The zero-order chi connectivity index (χ0) is 26.7. The Labute approximate surface area is 222 Å². The lowest BCUT2D eigenvalue weighted by Gasteiger charge is -2.46. The molecule has 0 spiro atoms. The average Bonchev–Trinajstić information content (AvgIpc) is 2.84. The number of unbranched alkanes of at least 4 members (excludes halogenated alkanes) is 2. The number of methoxy groups -OCH3 is 1. The first kappa shape index (κ1) is 29.6. The van der Waals surface area contributed by atoms with Crippen LogP contribution in [-0.2, 0) is 30.2 Å². The van der Waals surface area contributed by atoms with E-state index < -0.39 is 5.97 Å². The minimum atomic E-state index is -0.409. The van der Waals surface area contributed by atoms with Crippen molar-refractivity contribution in [2.75, 3.05) is 53.4 Å². The van der Waals surface area contributed by atoms with E-state index in [2.05, 4.69) is 39.8 Å². The van der Waals surface area contributed by atoms with Gasteiger partial charge in [-0.25, -0.2) is 4.79 Å². The number of carbonyl (C=O) groups is 1. The Hall–Kier alpha value is -1.93. The average molecular weight is 519 g/mol. The van der Waals surface area contributed by atoms with E-state index in [1.54, 1.807) is 7.11 Å². The van der Waals surface area contributed by atoms with Crippen molar-refractivity contribution in [1.82, 2.24) is 0 Å². The molecule has 0 saturated carbocycles. The van der Waals surface area contributed by atoms with Gasteiger partial charge >= 0.3 is 5.97 Å². The third kappa shape index (κ3) is 8.81. The molecule has 1 aromatic rings. The van der Waals surface area contributed by atoms with Crippen LogP contribution in [0.4, 0.5) is 0 Å². The molecule has 1 aromatic carbocycles. The van der Waals surface area contributed by atoms with Gasteiger partial charge in [-0.1, -0.05) is 31.4 Å². The number of fused-ring (bicyclic) bond motifs is 3. The van der Waals surface area contributed by atoms with Gasteiger partial charge in [0.25, 0.3) is 0 Å². The maximum atomic E-state index is 12.8. The number of esters is 1. The van der Waals surface area contributed by atoms with Crippen molar-refractivity contribution in [1.29, 1.82) is 0 Å². The van der Waals surface area contributed by atoms with E-state index in [-0.39, 0.29) is 18.1 Å². The number of aryl methyl sites for hydroxylation is 1. The van der Waals surface area contributed by atoms with Crippen molar-refractivity contribution in [3.05, 3.63) is 34.9 Å². The van der Waals surface area contributed by atoms with E-state index >= 15 is 0 Å². The van der Waals surface area contributed by atoms with Gasteiger partial charge in [0, 0.05) is 24.5 Å². The lowest BCUT2D eigenvalue weighted by Crippen LogP contribution is -2.45. The van der Waals surface area contributed by atoms with Crippen molar-refractivity contribution in [3.63, 3.8) is 0 Å². The fraction of sp³-hybridized carbons (Fsp3) is 0.700. The number of carbonyl (C=O) groups excluding carboxylic acids is 1. The molecule has 3 rings (SSSR count).